The molecule has 2 rings (SSSR count). The highest BCUT2D eigenvalue weighted by molar-refractivity contribution is 5.94. The van der Waals surface area contributed by atoms with Gasteiger partial charge in [-0.2, -0.15) is 0 Å². The molecule has 0 spiro atoms. The van der Waals surface area contributed by atoms with Gasteiger partial charge >= 0.3 is 6.09 Å². The lowest BCUT2D eigenvalue weighted by Gasteiger charge is -2.31. The van der Waals surface area contributed by atoms with E-state index < -0.39 is 5.60 Å². The number of carbonyl (C=O) groups excluding carboxylic acids is 2. The molecular formula is C24H39N5O3. The van der Waals surface area contributed by atoms with Crippen LogP contribution in [0.4, 0.5) is 4.79 Å². The van der Waals surface area contributed by atoms with Crippen LogP contribution in [0.1, 0.15) is 62.4 Å². The quantitative estimate of drug-likeness (QED) is 0.462. The molecule has 0 unspecified atom stereocenters. The maximum absolute atomic E-state index is 12.1. The zero-order valence-electron chi connectivity index (χ0n) is 20.3. The van der Waals surface area contributed by atoms with Gasteiger partial charge in [0, 0.05) is 45.3 Å². The molecule has 1 aliphatic carbocycles. The van der Waals surface area contributed by atoms with Crippen molar-refractivity contribution in [2.45, 2.75) is 70.6 Å². The Hall–Kier alpha value is -2.77. The third kappa shape index (κ3) is 8.77. The van der Waals surface area contributed by atoms with Gasteiger partial charge < -0.3 is 25.6 Å². The Kier molecular flexibility index (Phi) is 9.35. The van der Waals surface area contributed by atoms with E-state index in [1.54, 1.807) is 26.0 Å². The molecule has 1 fully saturated rings. The summed E-state index contributed by atoms with van der Waals surface area (Å²) in [5.41, 5.74) is 1.32. The number of hydrogen-bond donors (Lipinski definition) is 3. The predicted molar refractivity (Wildman–Crippen MR) is 128 cm³/mol. The zero-order chi connectivity index (χ0) is 23.7. The van der Waals surface area contributed by atoms with Crippen molar-refractivity contribution in [2.75, 3.05) is 27.7 Å². The van der Waals surface area contributed by atoms with E-state index in [4.69, 9.17) is 4.74 Å². The van der Waals surface area contributed by atoms with E-state index in [0.29, 0.717) is 11.6 Å². The minimum absolute atomic E-state index is 0.00838. The molecule has 178 valence electrons. The minimum Gasteiger partial charge on any atom is -0.444 e. The molecule has 0 atom stereocenters. The number of carbonyl (C=O) groups is 2. The highest BCUT2D eigenvalue weighted by atomic mass is 16.6. The smallest absolute Gasteiger partial charge is 0.407 e. The van der Waals surface area contributed by atoms with Gasteiger partial charge in [-0.3, -0.25) is 9.79 Å². The molecule has 3 N–H and O–H groups in total. The Labute approximate surface area is 192 Å². The maximum Gasteiger partial charge on any atom is 0.407 e. The van der Waals surface area contributed by atoms with E-state index in [0.717, 1.165) is 50.2 Å². The second-order valence-corrected chi connectivity index (χ2v) is 9.49. The standard InChI is InChI=1S/C24H39N5O3/c1-24(2,3)32-23(31)28-20-12-10-19(11-13-20)27-22(25-4)26-15-14-17-8-7-9-18(16-17)21(30)29(5)6/h7-9,16,19-20H,10-15H2,1-6H3,(H,28,31)(H2,25,26,27). The molecule has 0 radical (unpaired) electrons. The van der Waals surface area contributed by atoms with E-state index in [1.807, 2.05) is 45.0 Å². The van der Waals surface area contributed by atoms with Crippen molar-refractivity contribution in [1.29, 1.82) is 0 Å². The van der Waals surface area contributed by atoms with E-state index in [2.05, 4.69) is 20.9 Å². The number of amides is 2. The number of alkyl carbamates (subject to hydrolysis) is 1. The van der Waals surface area contributed by atoms with Crippen LogP contribution in [0.5, 0.6) is 0 Å². The number of benzene rings is 1. The first kappa shape index (κ1) is 25.5. The van der Waals surface area contributed by atoms with Gasteiger partial charge in [0.25, 0.3) is 5.91 Å². The third-order valence-electron chi connectivity index (χ3n) is 5.30. The predicted octanol–water partition coefficient (Wildman–Crippen LogP) is 2.93. The van der Waals surface area contributed by atoms with Gasteiger partial charge in [-0.25, -0.2) is 4.79 Å². The number of nitrogens with one attached hydrogen (secondary N) is 3. The van der Waals surface area contributed by atoms with Gasteiger partial charge in [0.15, 0.2) is 5.96 Å². The molecule has 8 nitrogen and oxygen atoms in total. The molecule has 1 saturated carbocycles. The van der Waals surface area contributed by atoms with Crippen molar-refractivity contribution in [3.8, 4) is 0 Å². The Morgan fingerprint density at radius 1 is 1.09 bits per heavy atom. The van der Waals surface area contributed by atoms with Gasteiger partial charge in [0.05, 0.1) is 0 Å². The summed E-state index contributed by atoms with van der Waals surface area (Å²) >= 11 is 0. The molecule has 1 aliphatic rings. The second kappa shape index (κ2) is 11.7. The summed E-state index contributed by atoms with van der Waals surface area (Å²) in [7, 11) is 5.28. The molecular weight excluding hydrogens is 406 g/mol. The summed E-state index contributed by atoms with van der Waals surface area (Å²) in [5, 5.41) is 9.82. The van der Waals surface area contributed by atoms with Gasteiger partial charge in [-0.1, -0.05) is 12.1 Å². The van der Waals surface area contributed by atoms with Crippen molar-refractivity contribution in [2.24, 2.45) is 4.99 Å². The molecule has 2 amide bonds. The molecule has 8 heteroatoms. The number of guanidine groups is 1. The normalized spacial score (nSPS) is 19.1. The third-order valence-corrected chi connectivity index (χ3v) is 5.30. The summed E-state index contributed by atoms with van der Waals surface area (Å²) in [6, 6.07) is 8.20. The van der Waals surface area contributed by atoms with Gasteiger partial charge in [0.2, 0.25) is 0 Å². The lowest BCUT2D eigenvalue weighted by Crippen LogP contribution is -2.48. The number of hydrogen-bond acceptors (Lipinski definition) is 4. The van der Waals surface area contributed by atoms with Crippen LogP contribution >= 0.6 is 0 Å². The number of aliphatic imine (C=N–C) groups is 1. The molecule has 0 bridgehead atoms. The topological polar surface area (TPSA) is 95.1 Å². The summed E-state index contributed by atoms with van der Waals surface area (Å²) in [4.78, 5) is 30.0. The lowest BCUT2D eigenvalue weighted by molar-refractivity contribution is 0.0490. The van der Waals surface area contributed by atoms with Crippen molar-refractivity contribution in [3.63, 3.8) is 0 Å². The summed E-state index contributed by atoms with van der Waals surface area (Å²) < 4.78 is 5.35. The monoisotopic (exact) mass is 445 g/mol. The van der Waals surface area contributed by atoms with Crippen LogP contribution in [0.25, 0.3) is 0 Å². The summed E-state index contributed by atoms with van der Waals surface area (Å²) in [5.74, 6) is 0.781. The first-order chi connectivity index (χ1) is 15.1. The van der Waals surface area contributed by atoms with Gasteiger partial charge in [-0.05, 0) is 70.6 Å². The van der Waals surface area contributed by atoms with Gasteiger partial charge in [-0.15, -0.1) is 0 Å². The fourth-order valence-corrected chi connectivity index (χ4v) is 3.69. The van der Waals surface area contributed by atoms with Crippen LogP contribution in [0.3, 0.4) is 0 Å². The Balaban J connectivity index is 1.73. The average molecular weight is 446 g/mol. The largest absolute Gasteiger partial charge is 0.444 e. The van der Waals surface area contributed by atoms with E-state index in [9.17, 15) is 9.59 Å². The molecule has 32 heavy (non-hydrogen) atoms. The molecule has 0 heterocycles. The van der Waals surface area contributed by atoms with Crippen LogP contribution in [0, 0.1) is 0 Å². The highest BCUT2D eigenvalue weighted by Crippen LogP contribution is 2.19. The van der Waals surface area contributed by atoms with Gasteiger partial charge in [0.1, 0.15) is 5.60 Å². The van der Waals surface area contributed by atoms with Crippen molar-refractivity contribution in [3.05, 3.63) is 35.4 Å². The zero-order valence-corrected chi connectivity index (χ0v) is 20.3. The average Bonchev–Trinajstić information content (AvgIpc) is 2.72. The van der Waals surface area contributed by atoms with E-state index >= 15 is 0 Å². The number of ether oxygens (including phenoxy) is 1. The second-order valence-electron chi connectivity index (χ2n) is 9.49. The molecule has 1 aromatic rings. The Bertz CT molecular complexity index is 793. The SMILES string of the molecule is CN=C(NCCc1cccc(C(=O)N(C)C)c1)NC1CCC(NC(=O)OC(C)(C)C)CC1. The van der Waals surface area contributed by atoms with Crippen LogP contribution < -0.4 is 16.0 Å². The van der Waals surface area contributed by atoms with Crippen molar-refractivity contribution in [1.82, 2.24) is 20.9 Å². The van der Waals surface area contributed by atoms with Crippen LogP contribution in [0.2, 0.25) is 0 Å². The summed E-state index contributed by atoms with van der Waals surface area (Å²) in [6.45, 7) is 6.32. The lowest BCUT2D eigenvalue weighted by atomic mass is 9.91. The highest BCUT2D eigenvalue weighted by Gasteiger charge is 2.25. The Morgan fingerprint density at radius 2 is 1.72 bits per heavy atom. The number of rotatable bonds is 6. The molecule has 0 saturated heterocycles. The van der Waals surface area contributed by atoms with Crippen LogP contribution in [-0.2, 0) is 11.2 Å². The van der Waals surface area contributed by atoms with Crippen LogP contribution in [0.15, 0.2) is 29.3 Å². The first-order valence-corrected chi connectivity index (χ1v) is 11.3. The fraction of sp³-hybridized carbons (Fsp3) is 0.625. The van der Waals surface area contributed by atoms with Crippen LogP contribution in [-0.4, -0.2) is 68.2 Å². The fourth-order valence-electron chi connectivity index (χ4n) is 3.69. The first-order valence-electron chi connectivity index (χ1n) is 11.3. The van der Waals surface area contributed by atoms with E-state index in [-0.39, 0.29) is 18.0 Å². The molecule has 0 aromatic heterocycles. The van der Waals surface area contributed by atoms with Crippen molar-refractivity contribution >= 4 is 18.0 Å². The molecule has 0 aliphatic heterocycles. The maximum atomic E-state index is 12.1. The molecule has 1 aromatic carbocycles. The minimum atomic E-state index is -0.482. The van der Waals surface area contributed by atoms with Crippen molar-refractivity contribution < 1.29 is 14.3 Å². The Morgan fingerprint density at radius 3 is 2.28 bits per heavy atom. The number of nitrogens with zero attached hydrogens (tertiary/aromatic N) is 2. The summed E-state index contributed by atoms with van der Waals surface area (Å²) in [6.07, 6.45) is 4.16. The van der Waals surface area contributed by atoms with E-state index in [1.165, 1.54) is 0 Å².